The third-order valence-electron chi connectivity index (χ3n) is 5.68. The summed E-state index contributed by atoms with van der Waals surface area (Å²) in [6, 6.07) is 3.87. The van der Waals surface area contributed by atoms with Crippen LogP contribution in [0.3, 0.4) is 0 Å². The van der Waals surface area contributed by atoms with E-state index in [-0.39, 0.29) is 18.0 Å². The Hall–Kier alpha value is -2.19. The molecule has 0 bridgehead atoms. The second kappa shape index (κ2) is 8.28. The van der Waals surface area contributed by atoms with Gasteiger partial charge in [0.15, 0.2) is 0 Å². The lowest BCUT2D eigenvalue weighted by molar-refractivity contribution is -0.121. The minimum atomic E-state index is -0.231. The highest BCUT2D eigenvalue weighted by Crippen LogP contribution is 2.24. The number of carbonyl (C=O) groups excluding carboxylic acids is 1. The van der Waals surface area contributed by atoms with Gasteiger partial charge in [0.05, 0.1) is 10.2 Å². The number of rotatable bonds is 6. The highest BCUT2D eigenvalue weighted by atomic mass is 32.1. The largest absolute Gasteiger partial charge is 0.354 e. The number of aryl methyl sites for hydroxylation is 1. The minimum Gasteiger partial charge on any atom is -0.354 e. The van der Waals surface area contributed by atoms with E-state index in [0.29, 0.717) is 17.9 Å². The second-order valence-electron chi connectivity index (χ2n) is 8.45. The molecular weight excluding hydrogens is 386 g/mol. The molecule has 0 radical (unpaired) electrons. The Bertz CT molecular complexity index is 1070. The van der Waals surface area contributed by atoms with Gasteiger partial charge in [0.1, 0.15) is 17.9 Å². The fourth-order valence-electron chi connectivity index (χ4n) is 4.63. The normalized spacial score (nSPS) is 20.5. The molecule has 1 fully saturated rings. The molecule has 3 aromatic rings. The zero-order valence-electron chi connectivity index (χ0n) is 17.4. The summed E-state index contributed by atoms with van der Waals surface area (Å²) in [6.45, 7) is 10.3. The predicted molar refractivity (Wildman–Crippen MR) is 117 cm³/mol. The molecule has 3 aromatic heterocycles. The first-order valence-corrected chi connectivity index (χ1v) is 11.3. The van der Waals surface area contributed by atoms with Gasteiger partial charge in [0.25, 0.3) is 5.56 Å². The van der Waals surface area contributed by atoms with Crippen LogP contribution >= 0.6 is 11.3 Å². The van der Waals surface area contributed by atoms with Crippen LogP contribution in [0.5, 0.6) is 0 Å². The maximum atomic E-state index is 12.8. The van der Waals surface area contributed by atoms with Crippen LogP contribution in [0, 0.1) is 18.8 Å². The number of nitrogens with one attached hydrogen (secondary N) is 1. The number of hydrogen-bond donors (Lipinski definition) is 1. The van der Waals surface area contributed by atoms with Crippen LogP contribution in [0.25, 0.3) is 15.7 Å². The summed E-state index contributed by atoms with van der Waals surface area (Å²) in [5.74, 6) is 2.02. The third kappa shape index (κ3) is 4.23. The zero-order valence-corrected chi connectivity index (χ0v) is 18.2. The van der Waals surface area contributed by atoms with Crippen molar-refractivity contribution in [2.45, 2.75) is 40.2 Å². The van der Waals surface area contributed by atoms with E-state index >= 15 is 0 Å². The van der Waals surface area contributed by atoms with Crippen molar-refractivity contribution in [2.24, 2.45) is 11.8 Å². The maximum absolute atomic E-state index is 12.8. The fourth-order valence-corrected chi connectivity index (χ4v) is 5.44. The molecule has 1 aliphatic heterocycles. The lowest BCUT2D eigenvalue weighted by Gasteiger charge is -2.34. The van der Waals surface area contributed by atoms with Crippen LogP contribution in [-0.2, 0) is 11.3 Å². The van der Waals surface area contributed by atoms with E-state index in [9.17, 15) is 9.59 Å². The summed E-state index contributed by atoms with van der Waals surface area (Å²) in [7, 11) is 0. The number of thiophene rings is 1. The van der Waals surface area contributed by atoms with Crippen molar-refractivity contribution in [1.82, 2.24) is 24.4 Å². The van der Waals surface area contributed by atoms with Gasteiger partial charge >= 0.3 is 0 Å². The van der Waals surface area contributed by atoms with Gasteiger partial charge in [-0.25, -0.2) is 4.68 Å². The van der Waals surface area contributed by atoms with Crippen LogP contribution in [0.1, 0.15) is 32.5 Å². The summed E-state index contributed by atoms with van der Waals surface area (Å²) in [4.78, 5) is 27.6. The molecule has 1 N–H and O–H groups in total. The number of carbonyl (C=O) groups is 1. The number of amides is 1. The number of likely N-dealkylation sites (tertiary alicyclic amines) is 1. The molecule has 0 saturated carbocycles. The van der Waals surface area contributed by atoms with Crippen LogP contribution in [-0.4, -0.2) is 51.2 Å². The van der Waals surface area contributed by atoms with Crippen molar-refractivity contribution in [2.75, 3.05) is 26.2 Å². The summed E-state index contributed by atoms with van der Waals surface area (Å²) < 4.78 is 4.19. The van der Waals surface area contributed by atoms with E-state index < -0.39 is 0 Å². The van der Waals surface area contributed by atoms with Crippen molar-refractivity contribution in [1.29, 1.82) is 0 Å². The summed E-state index contributed by atoms with van der Waals surface area (Å²) in [6.07, 6.45) is 2.22. The van der Waals surface area contributed by atoms with Gasteiger partial charge in [-0.3, -0.25) is 14.0 Å². The molecule has 29 heavy (non-hydrogen) atoms. The van der Waals surface area contributed by atoms with Crippen molar-refractivity contribution < 1.29 is 4.79 Å². The SMILES string of the molecule is Cc1nn(CC(=O)NCCCN2C[C@@H](C)C[C@H](C)C2)c(=O)c2cc3sccc3n12. The Morgan fingerprint density at radius 3 is 2.79 bits per heavy atom. The first-order chi connectivity index (χ1) is 13.9. The molecule has 0 aliphatic carbocycles. The molecule has 156 valence electrons. The zero-order chi connectivity index (χ0) is 20.5. The van der Waals surface area contributed by atoms with Crippen molar-refractivity contribution in [3.05, 3.63) is 33.7 Å². The molecule has 4 heterocycles. The number of piperidine rings is 1. The van der Waals surface area contributed by atoms with E-state index in [1.54, 1.807) is 11.3 Å². The van der Waals surface area contributed by atoms with Crippen LogP contribution in [0.4, 0.5) is 0 Å². The lowest BCUT2D eigenvalue weighted by Crippen LogP contribution is -2.40. The maximum Gasteiger partial charge on any atom is 0.291 e. The minimum absolute atomic E-state index is 0.0488. The van der Waals surface area contributed by atoms with E-state index in [2.05, 4.69) is 29.2 Å². The molecule has 4 rings (SSSR count). The molecule has 0 unspecified atom stereocenters. The first kappa shape index (κ1) is 20.1. The number of fused-ring (bicyclic) bond motifs is 3. The van der Waals surface area contributed by atoms with Gasteiger partial charge in [-0.05, 0) is 55.7 Å². The third-order valence-corrected chi connectivity index (χ3v) is 6.53. The van der Waals surface area contributed by atoms with Gasteiger partial charge in [0.2, 0.25) is 5.91 Å². The molecule has 7 nitrogen and oxygen atoms in total. The van der Waals surface area contributed by atoms with Gasteiger partial charge in [-0.2, -0.15) is 5.10 Å². The summed E-state index contributed by atoms with van der Waals surface area (Å²) in [5, 5.41) is 9.30. The number of nitrogens with zero attached hydrogens (tertiary/aromatic N) is 4. The van der Waals surface area contributed by atoms with E-state index in [1.165, 1.54) is 11.1 Å². The molecule has 8 heteroatoms. The Morgan fingerprint density at radius 2 is 2.03 bits per heavy atom. The predicted octanol–water partition coefficient (Wildman–Crippen LogP) is 2.50. The molecular formula is C21H29N5O2S. The first-order valence-electron chi connectivity index (χ1n) is 10.4. The standard InChI is InChI=1S/C21H29N5O2S/c1-14-9-15(2)12-24(11-14)7-4-6-22-20(27)13-25-21(28)18-10-19-17(5-8-29-19)26(18)16(3)23-25/h5,8,10,14-15H,4,6-7,9,11-13H2,1-3H3,(H,22,27)/t14-,15-/m0/s1. The van der Waals surface area contributed by atoms with Crippen LogP contribution in [0.2, 0.25) is 0 Å². The lowest BCUT2D eigenvalue weighted by atomic mass is 9.92. The Balaban J connectivity index is 1.34. The van der Waals surface area contributed by atoms with Gasteiger partial charge in [-0.15, -0.1) is 11.3 Å². The average Bonchev–Trinajstić information content (AvgIpc) is 3.23. The van der Waals surface area contributed by atoms with Crippen molar-refractivity contribution >= 4 is 33.0 Å². The second-order valence-corrected chi connectivity index (χ2v) is 9.40. The van der Waals surface area contributed by atoms with Crippen LogP contribution < -0.4 is 10.9 Å². The number of hydrogen-bond acceptors (Lipinski definition) is 5. The van der Waals surface area contributed by atoms with E-state index in [4.69, 9.17) is 0 Å². The molecule has 2 atom stereocenters. The Morgan fingerprint density at radius 1 is 1.28 bits per heavy atom. The summed E-state index contributed by atoms with van der Waals surface area (Å²) in [5.41, 5.74) is 1.33. The fraction of sp³-hybridized carbons (Fsp3) is 0.571. The molecule has 1 amide bonds. The highest BCUT2D eigenvalue weighted by Gasteiger charge is 2.21. The Labute approximate surface area is 174 Å². The quantitative estimate of drug-likeness (QED) is 0.628. The smallest absolute Gasteiger partial charge is 0.291 e. The molecule has 1 saturated heterocycles. The highest BCUT2D eigenvalue weighted by molar-refractivity contribution is 7.17. The molecule has 0 spiro atoms. The monoisotopic (exact) mass is 415 g/mol. The molecule has 0 aromatic carbocycles. The van der Waals surface area contributed by atoms with Gasteiger partial charge in [-0.1, -0.05) is 13.8 Å². The topological polar surface area (TPSA) is 71.6 Å². The summed E-state index contributed by atoms with van der Waals surface area (Å²) >= 11 is 1.60. The van der Waals surface area contributed by atoms with E-state index in [0.717, 1.165) is 48.1 Å². The van der Waals surface area contributed by atoms with Gasteiger partial charge in [0, 0.05) is 19.6 Å². The van der Waals surface area contributed by atoms with Crippen molar-refractivity contribution in [3.8, 4) is 0 Å². The van der Waals surface area contributed by atoms with Crippen molar-refractivity contribution in [3.63, 3.8) is 0 Å². The average molecular weight is 416 g/mol. The van der Waals surface area contributed by atoms with Gasteiger partial charge < -0.3 is 10.2 Å². The Kier molecular flexibility index (Phi) is 5.74. The van der Waals surface area contributed by atoms with E-state index in [1.807, 2.05) is 28.8 Å². The molecule has 1 aliphatic rings. The van der Waals surface area contributed by atoms with Crippen LogP contribution in [0.15, 0.2) is 22.3 Å². The number of aromatic nitrogens is 3.